The highest BCUT2D eigenvalue weighted by molar-refractivity contribution is 5.88. The topological polar surface area (TPSA) is 34.1 Å². The van der Waals surface area contributed by atoms with Crippen molar-refractivity contribution in [3.05, 3.63) is 47.5 Å². The molecule has 2 aromatic rings. The lowest BCUT2D eigenvalue weighted by atomic mass is 9.87. The fraction of sp³-hybridized carbons (Fsp3) is 0.435. The lowest BCUT2D eigenvalue weighted by Crippen LogP contribution is -2.18. The summed E-state index contributed by atoms with van der Waals surface area (Å²) in [7, 11) is 3.42. The molecule has 0 amide bonds. The van der Waals surface area contributed by atoms with E-state index in [0.29, 0.717) is 0 Å². The average molecular weight is 367 g/mol. The number of aliphatic imine (C=N–C) groups is 1. The summed E-state index contributed by atoms with van der Waals surface area (Å²) in [5, 5.41) is 0. The average Bonchev–Trinajstić information content (AvgIpc) is 3.19. The highest BCUT2D eigenvalue weighted by Crippen LogP contribution is 2.36. The van der Waals surface area contributed by atoms with E-state index in [1.54, 1.807) is 14.2 Å². The normalized spacial score (nSPS) is 14.8. The number of hydrogen-bond donors (Lipinski definition) is 0. The Balaban J connectivity index is 1.88. The van der Waals surface area contributed by atoms with Crippen LogP contribution in [0.25, 0.3) is 0 Å². The van der Waals surface area contributed by atoms with Gasteiger partial charge in [-0.2, -0.15) is 0 Å². The monoisotopic (exact) mass is 366 g/mol. The van der Waals surface area contributed by atoms with Crippen molar-refractivity contribution in [3.8, 4) is 11.5 Å². The van der Waals surface area contributed by atoms with Crippen LogP contribution in [-0.2, 0) is 5.41 Å². The summed E-state index contributed by atoms with van der Waals surface area (Å²) >= 11 is 0. The van der Waals surface area contributed by atoms with Gasteiger partial charge in [-0.3, -0.25) is 4.99 Å². The number of rotatable bonds is 5. The van der Waals surface area contributed by atoms with Gasteiger partial charge >= 0.3 is 0 Å². The number of ether oxygens (including phenoxy) is 2. The van der Waals surface area contributed by atoms with E-state index in [1.807, 2.05) is 12.3 Å². The Bertz CT molecular complexity index is 798. The van der Waals surface area contributed by atoms with E-state index in [9.17, 15) is 0 Å². The molecule has 0 atom stereocenters. The van der Waals surface area contributed by atoms with Crippen LogP contribution in [0.2, 0.25) is 0 Å². The van der Waals surface area contributed by atoms with Gasteiger partial charge in [-0.1, -0.05) is 32.9 Å². The number of hydrogen-bond acceptors (Lipinski definition) is 4. The predicted molar refractivity (Wildman–Crippen MR) is 113 cm³/mol. The fourth-order valence-electron chi connectivity index (χ4n) is 3.40. The molecule has 1 fully saturated rings. The second-order valence-electron chi connectivity index (χ2n) is 8.02. The van der Waals surface area contributed by atoms with Crippen molar-refractivity contribution in [1.29, 1.82) is 0 Å². The molecule has 1 aliphatic rings. The molecule has 1 heterocycles. The summed E-state index contributed by atoms with van der Waals surface area (Å²) in [5.41, 5.74) is 4.38. The number of anilines is 1. The zero-order valence-corrected chi connectivity index (χ0v) is 17.1. The summed E-state index contributed by atoms with van der Waals surface area (Å²) < 4.78 is 11.3. The molecule has 0 saturated carbocycles. The highest BCUT2D eigenvalue weighted by atomic mass is 16.5. The van der Waals surface area contributed by atoms with Crippen molar-refractivity contribution in [2.45, 2.75) is 39.0 Å². The quantitative estimate of drug-likeness (QED) is 0.669. The van der Waals surface area contributed by atoms with Gasteiger partial charge in [0.25, 0.3) is 0 Å². The van der Waals surface area contributed by atoms with Crippen molar-refractivity contribution in [2.24, 2.45) is 4.99 Å². The molecule has 4 nitrogen and oxygen atoms in total. The second-order valence-corrected chi connectivity index (χ2v) is 8.02. The molecule has 0 spiro atoms. The van der Waals surface area contributed by atoms with Gasteiger partial charge in [0.1, 0.15) is 11.5 Å². The zero-order valence-electron chi connectivity index (χ0n) is 17.1. The first kappa shape index (κ1) is 19.3. The number of benzene rings is 2. The second kappa shape index (κ2) is 8.03. The molecule has 4 heteroatoms. The van der Waals surface area contributed by atoms with E-state index in [1.165, 1.54) is 18.4 Å². The van der Waals surface area contributed by atoms with Crippen molar-refractivity contribution >= 4 is 17.6 Å². The Hall–Kier alpha value is -2.49. The molecule has 3 rings (SSSR count). The van der Waals surface area contributed by atoms with Crippen molar-refractivity contribution in [1.82, 2.24) is 0 Å². The van der Waals surface area contributed by atoms with Crippen LogP contribution in [0.4, 0.5) is 11.4 Å². The Morgan fingerprint density at radius 3 is 2.11 bits per heavy atom. The van der Waals surface area contributed by atoms with Crippen LogP contribution in [0.5, 0.6) is 11.5 Å². The summed E-state index contributed by atoms with van der Waals surface area (Å²) in [6, 6.07) is 12.5. The van der Waals surface area contributed by atoms with Crippen molar-refractivity contribution in [2.75, 3.05) is 32.2 Å². The van der Waals surface area contributed by atoms with Crippen LogP contribution >= 0.6 is 0 Å². The minimum Gasteiger partial charge on any atom is -0.496 e. The molecule has 0 aliphatic carbocycles. The summed E-state index contributed by atoms with van der Waals surface area (Å²) in [6.45, 7) is 8.76. The van der Waals surface area contributed by atoms with E-state index < -0.39 is 0 Å². The third kappa shape index (κ3) is 4.44. The molecular formula is C23H30N2O2. The molecule has 2 aromatic carbocycles. The van der Waals surface area contributed by atoms with Crippen LogP contribution in [-0.4, -0.2) is 33.5 Å². The fourth-order valence-corrected chi connectivity index (χ4v) is 3.40. The van der Waals surface area contributed by atoms with Crippen molar-refractivity contribution in [3.63, 3.8) is 0 Å². The molecule has 0 unspecified atom stereocenters. The van der Waals surface area contributed by atoms with Crippen LogP contribution in [0.3, 0.4) is 0 Å². The summed E-state index contributed by atoms with van der Waals surface area (Å²) in [6.07, 6.45) is 4.29. The minimum atomic E-state index is 0.143. The largest absolute Gasteiger partial charge is 0.496 e. The highest BCUT2D eigenvalue weighted by Gasteiger charge is 2.19. The lowest BCUT2D eigenvalue weighted by molar-refractivity contribution is 0.402. The van der Waals surface area contributed by atoms with Gasteiger partial charge in [0.05, 0.1) is 25.6 Å². The number of methoxy groups -OCH3 is 2. The van der Waals surface area contributed by atoms with Crippen molar-refractivity contribution < 1.29 is 9.47 Å². The van der Waals surface area contributed by atoms with Crippen LogP contribution in [0.1, 0.15) is 44.7 Å². The Morgan fingerprint density at radius 2 is 1.56 bits per heavy atom. The summed E-state index contributed by atoms with van der Waals surface area (Å²) in [5.74, 6) is 1.68. The van der Waals surface area contributed by atoms with Crippen LogP contribution < -0.4 is 14.4 Å². The van der Waals surface area contributed by atoms with Crippen LogP contribution in [0.15, 0.2) is 41.4 Å². The van der Waals surface area contributed by atoms with Gasteiger partial charge in [-0.15, -0.1) is 0 Å². The van der Waals surface area contributed by atoms with Gasteiger partial charge in [0.15, 0.2) is 0 Å². The third-order valence-corrected chi connectivity index (χ3v) is 5.06. The molecule has 27 heavy (non-hydrogen) atoms. The first-order chi connectivity index (χ1) is 12.9. The van der Waals surface area contributed by atoms with E-state index in [4.69, 9.17) is 9.47 Å². The van der Waals surface area contributed by atoms with Gasteiger partial charge < -0.3 is 14.4 Å². The first-order valence-corrected chi connectivity index (χ1v) is 9.58. The van der Waals surface area contributed by atoms with E-state index in [2.05, 4.69) is 61.0 Å². The Morgan fingerprint density at radius 1 is 0.926 bits per heavy atom. The molecule has 144 valence electrons. The number of nitrogens with zero attached hydrogens (tertiary/aromatic N) is 2. The predicted octanol–water partition coefficient (Wildman–Crippen LogP) is 5.35. The molecule has 0 aromatic heterocycles. The zero-order chi connectivity index (χ0) is 19.4. The molecule has 0 bridgehead atoms. The minimum absolute atomic E-state index is 0.143. The molecule has 0 N–H and O–H groups in total. The smallest absolute Gasteiger partial charge is 0.143 e. The molecule has 0 radical (unpaired) electrons. The van der Waals surface area contributed by atoms with E-state index in [0.717, 1.165) is 41.5 Å². The van der Waals surface area contributed by atoms with Gasteiger partial charge in [0.2, 0.25) is 0 Å². The van der Waals surface area contributed by atoms with Gasteiger partial charge in [-0.05, 0) is 42.0 Å². The van der Waals surface area contributed by atoms with E-state index in [-0.39, 0.29) is 5.41 Å². The Kier molecular flexibility index (Phi) is 5.73. The molecule has 1 aliphatic heterocycles. The standard InChI is InChI=1S/C23H30N2O2/c1-23(2,3)18-8-10-19(11-9-18)24-16-17-14-22(27-5)20(15-21(17)26-4)25-12-6-7-13-25/h8-11,14-16H,6-7,12-13H2,1-5H3. The maximum absolute atomic E-state index is 5.64. The first-order valence-electron chi connectivity index (χ1n) is 9.58. The molecular weight excluding hydrogens is 336 g/mol. The maximum Gasteiger partial charge on any atom is 0.143 e. The third-order valence-electron chi connectivity index (χ3n) is 5.06. The summed E-state index contributed by atoms with van der Waals surface area (Å²) in [4.78, 5) is 6.99. The lowest BCUT2D eigenvalue weighted by Gasteiger charge is -2.22. The van der Waals surface area contributed by atoms with Crippen LogP contribution in [0, 0.1) is 0 Å². The Labute approximate surface area is 162 Å². The molecule has 1 saturated heterocycles. The van der Waals surface area contributed by atoms with Gasteiger partial charge in [-0.25, -0.2) is 0 Å². The van der Waals surface area contributed by atoms with E-state index >= 15 is 0 Å². The maximum atomic E-state index is 5.64. The van der Waals surface area contributed by atoms with Gasteiger partial charge in [0, 0.05) is 30.9 Å². The SMILES string of the molecule is COc1cc(N2CCCC2)c(OC)cc1C=Nc1ccc(C(C)(C)C)cc1.